The van der Waals surface area contributed by atoms with Crippen molar-refractivity contribution in [2.75, 3.05) is 13.1 Å². The summed E-state index contributed by atoms with van der Waals surface area (Å²) in [5, 5.41) is 5.13. The minimum absolute atomic E-state index is 0.0246. The summed E-state index contributed by atoms with van der Waals surface area (Å²) in [7, 11) is 0. The number of aryl methyl sites for hydroxylation is 3. The lowest BCUT2D eigenvalue weighted by atomic mass is 10.1. The second-order valence-corrected chi connectivity index (χ2v) is 7.90. The maximum Gasteiger partial charge on any atom is 0.259 e. The molecule has 7 heteroatoms. The molecule has 6 nitrogen and oxygen atoms in total. The Labute approximate surface area is 144 Å². The Morgan fingerprint density at radius 2 is 2.08 bits per heavy atom. The molecular weight excluding hydrogens is 322 g/mol. The average molecular weight is 343 g/mol. The third-order valence-corrected chi connectivity index (χ3v) is 6.10. The van der Waals surface area contributed by atoms with Crippen LogP contribution in [0.5, 0.6) is 0 Å². The van der Waals surface area contributed by atoms with Gasteiger partial charge in [-0.1, -0.05) is 0 Å². The van der Waals surface area contributed by atoms with E-state index in [0.717, 1.165) is 39.6 Å². The number of likely N-dealkylation sites (tertiary alicyclic amines) is 1. The Balaban J connectivity index is 1.56. The summed E-state index contributed by atoms with van der Waals surface area (Å²) in [6.07, 6.45) is 3.97. The SMILES string of the molecule is Cc1cnn(C2CN(C(C)c3nc4sc(C)c(C)c4c(=O)[nH]3)C2)c1. The van der Waals surface area contributed by atoms with Gasteiger partial charge in [-0.15, -0.1) is 11.3 Å². The zero-order chi connectivity index (χ0) is 17.0. The minimum atomic E-state index is -0.0246. The first kappa shape index (κ1) is 15.5. The molecule has 1 aliphatic heterocycles. The Morgan fingerprint density at radius 1 is 1.33 bits per heavy atom. The molecule has 0 aromatic carbocycles. The van der Waals surface area contributed by atoms with E-state index >= 15 is 0 Å². The van der Waals surface area contributed by atoms with Gasteiger partial charge < -0.3 is 4.98 Å². The van der Waals surface area contributed by atoms with Crippen molar-refractivity contribution in [3.8, 4) is 0 Å². The van der Waals surface area contributed by atoms with E-state index in [1.807, 2.05) is 24.7 Å². The predicted octanol–water partition coefficient (Wildman–Crippen LogP) is 2.72. The number of nitrogens with one attached hydrogen (secondary N) is 1. The second kappa shape index (κ2) is 5.53. The van der Waals surface area contributed by atoms with Gasteiger partial charge in [-0.3, -0.25) is 14.4 Å². The number of thiophene rings is 1. The van der Waals surface area contributed by atoms with Crippen LogP contribution in [0.4, 0.5) is 0 Å². The Hall–Kier alpha value is -1.99. The molecule has 0 aliphatic carbocycles. The Bertz CT molecular complexity index is 963. The van der Waals surface area contributed by atoms with Crippen molar-refractivity contribution in [3.05, 3.63) is 44.6 Å². The molecule has 0 amide bonds. The molecule has 1 atom stereocenters. The highest BCUT2D eigenvalue weighted by Gasteiger charge is 2.33. The third kappa shape index (κ3) is 2.39. The van der Waals surface area contributed by atoms with Crippen molar-refractivity contribution >= 4 is 21.6 Å². The number of aromatic amines is 1. The van der Waals surface area contributed by atoms with Gasteiger partial charge in [0.15, 0.2) is 0 Å². The standard InChI is InChI=1S/C17H21N5OS/c1-9-5-18-22(6-9)13-7-21(8-13)11(3)15-19-16(23)14-10(2)12(4)24-17(14)20-15/h5-6,11,13H,7-8H2,1-4H3,(H,19,20,23). The molecule has 1 aliphatic rings. The van der Waals surface area contributed by atoms with Crippen molar-refractivity contribution in [1.82, 2.24) is 24.6 Å². The van der Waals surface area contributed by atoms with Crippen LogP contribution >= 0.6 is 11.3 Å². The van der Waals surface area contributed by atoms with Crippen molar-refractivity contribution in [3.63, 3.8) is 0 Å². The van der Waals surface area contributed by atoms with E-state index in [2.05, 4.69) is 35.0 Å². The molecule has 0 radical (unpaired) electrons. The first-order valence-corrected chi connectivity index (χ1v) is 9.00. The van der Waals surface area contributed by atoms with E-state index in [0.29, 0.717) is 6.04 Å². The van der Waals surface area contributed by atoms with Crippen LogP contribution in [-0.2, 0) is 0 Å². The molecule has 1 unspecified atom stereocenters. The van der Waals surface area contributed by atoms with Gasteiger partial charge in [-0.25, -0.2) is 4.98 Å². The number of aromatic nitrogens is 4. The van der Waals surface area contributed by atoms with Crippen molar-refractivity contribution in [2.24, 2.45) is 0 Å². The molecule has 1 saturated heterocycles. The van der Waals surface area contributed by atoms with E-state index in [-0.39, 0.29) is 11.6 Å². The van der Waals surface area contributed by atoms with Gasteiger partial charge in [0.1, 0.15) is 10.7 Å². The van der Waals surface area contributed by atoms with Gasteiger partial charge in [0.05, 0.1) is 23.7 Å². The highest BCUT2D eigenvalue weighted by Crippen LogP contribution is 2.31. The van der Waals surface area contributed by atoms with Gasteiger partial charge in [-0.2, -0.15) is 5.10 Å². The van der Waals surface area contributed by atoms with E-state index in [9.17, 15) is 4.79 Å². The predicted molar refractivity (Wildman–Crippen MR) is 95.7 cm³/mol. The molecule has 4 rings (SSSR count). The summed E-state index contributed by atoms with van der Waals surface area (Å²) < 4.78 is 2.03. The Morgan fingerprint density at radius 3 is 2.75 bits per heavy atom. The summed E-state index contributed by atoms with van der Waals surface area (Å²) >= 11 is 1.60. The monoisotopic (exact) mass is 343 g/mol. The fourth-order valence-electron chi connectivity index (χ4n) is 3.25. The average Bonchev–Trinajstić information content (AvgIpc) is 3.02. The maximum absolute atomic E-state index is 12.4. The molecule has 1 N–H and O–H groups in total. The first-order valence-electron chi connectivity index (χ1n) is 8.18. The van der Waals surface area contributed by atoms with E-state index in [1.165, 1.54) is 5.56 Å². The third-order valence-electron chi connectivity index (χ3n) is 5.00. The molecule has 126 valence electrons. The lowest BCUT2D eigenvalue weighted by Crippen LogP contribution is -2.49. The number of nitrogens with zero attached hydrogens (tertiary/aromatic N) is 4. The molecule has 0 saturated carbocycles. The van der Waals surface area contributed by atoms with Crippen LogP contribution in [0.25, 0.3) is 10.2 Å². The minimum Gasteiger partial charge on any atom is -0.309 e. The summed E-state index contributed by atoms with van der Waals surface area (Å²) in [5.41, 5.74) is 2.20. The number of H-pyrrole nitrogens is 1. The summed E-state index contributed by atoms with van der Waals surface area (Å²) in [6.45, 7) is 10.0. The zero-order valence-electron chi connectivity index (χ0n) is 14.3. The Kier molecular flexibility index (Phi) is 3.58. The second-order valence-electron chi connectivity index (χ2n) is 6.70. The highest BCUT2D eigenvalue weighted by molar-refractivity contribution is 7.18. The normalized spacial score (nSPS) is 17.3. The molecule has 1 fully saturated rings. The quantitative estimate of drug-likeness (QED) is 0.794. The van der Waals surface area contributed by atoms with Crippen LogP contribution in [0.2, 0.25) is 0 Å². The molecule has 0 bridgehead atoms. The fraction of sp³-hybridized carbons (Fsp3) is 0.471. The maximum atomic E-state index is 12.4. The largest absolute Gasteiger partial charge is 0.309 e. The van der Waals surface area contributed by atoms with Crippen LogP contribution in [0, 0.1) is 20.8 Å². The number of hydrogen-bond donors (Lipinski definition) is 1. The van der Waals surface area contributed by atoms with Gasteiger partial charge in [0.2, 0.25) is 0 Å². The van der Waals surface area contributed by atoms with Crippen LogP contribution in [-0.4, -0.2) is 37.7 Å². The van der Waals surface area contributed by atoms with Crippen LogP contribution in [0.15, 0.2) is 17.2 Å². The van der Waals surface area contributed by atoms with Crippen molar-refractivity contribution in [1.29, 1.82) is 0 Å². The molecule has 0 spiro atoms. The lowest BCUT2D eigenvalue weighted by molar-refractivity contribution is 0.0561. The molecule has 24 heavy (non-hydrogen) atoms. The zero-order valence-corrected chi connectivity index (χ0v) is 15.1. The molecule has 4 heterocycles. The number of rotatable bonds is 3. The van der Waals surface area contributed by atoms with Crippen LogP contribution in [0.3, 0.4) is 0 Å². The van der Waals surface area contributed by atoms with Crippen molar-refractivity contribution < 1.29 is 0 Å². The topological polar surface area (TPSA) is 66.8 Å². The lowest BCUT2D eigenvalue weighted by Gasteiger charge is -2.42. The van der Waals surface area contributed by atoms with Crippen molar-refractivity contribution in [2.45, 2.75) is 39.8 Å². The summed E-state index contributed by atoms with van der Waals surface area (Å²) in [4.78, 5) is 24.5. The van der Waals surface area contributed by atoms with E-state index in [1.54, 1.807) is 11.3 Å². The van der Waals surface area contributed by atoms with Gasteiger partial charge in [-0.05, 0) is 38.8 Å². The van der Waals surface area contributed by atoms with E-state index in [4.69, 9.17) is 4.98 Å². The van der Waals surface area contributed by atoms with Crippen LogP contribution in [0.1, 0.15) is 40.8 Å². The number of fused-ring (bicyclic) bond motifs is 1. The van der Waals surface area contributed by atoms with Crippen LogP contribution < -0.4 is 5.56 Å². The van der Waals surface area contributed by atoms with Gasteiger partial charge >= 0.3 is 0 Å². The summed E-state index contributed by atoms with van der Waals surface area (Å²) in [6, 6.07) is 0.501. The van der Waals surface area contributed by atoms with Gasteiger partial charge in [0, 0.05) is 24.2 Å². The smallest absolute Gasteiger partial charge is 0.259 e. The first-order chi connectivity index (χ1) is 11.4. The summed E-state index contributed by atoms with van der Waals surface area (Å²) in [5.74, 6) is 0.754. The molecular formula is C17H21N5OS. The van der Waals surface area contributed by atoms with E-state index < -0.39 is 0 Å². The highest BCUT2D eigenvalue weighted by atomic mass is 32.1. The molecule has 3 aromatic rings. The number of hydrogen-bond acceptors (Lipinski definition) is 5. The fourth-order valence-corrected chi connectivity index (χ4v) is 4.28. The molecule has 3 aromatic heterocycles. The van der Waals surface area contributed by atoms with Gasteiger partial charge in [0.25, 0.3) is 5.56 Å².